The van der Waals surface area contributed by atoms with E-state index in [9.17, 15) is 4.79 Å². The fourth-order valence-electron chi connectivity index (χ4n) is 1.69. The van der Waals surface area contributed by atoms with E-state index in [1.165, 1.54) is 0 Å². The molecule has 0 radical (unpaired) electrons. The maximum absolute atomic E-state index is 12.1. The Morgan fingerprint density at radius 1 is 1.16 bits per heavy atom. The van der Waals surface area contributed by atoms with Crippen molar-refractivity contribution in [2.45, 2.75) is 5.88 Å². The highest BCUT2D eigenvalue weighted by Crippen LogP contribution is 2.23. The van der Waals surface area contributed by atoms with Crippen molar-refractivity contribution in [3.8, 4) is 5.75 Å². The summed E-state index contributed by atoms with van der Waals surface area (Å²) in [6.07, 6.45) is 0. The number of methoxy groups -OCH3 is 1. The molecule has 0 unspecified atom stereocenters. The number of hydrogen-bond donors (Lipinski definition) is 1. The number of carbonyl (C=O) groups is 1. The Morgan fingerprint density at radius 3 is 2.47 bits per heavy atom. The van der Waals surface area contributed by atoms with Crippen molar-refractivity contribution >= 4 is 23.2 Å². The van der Waals surface area contributed by atoms with Crippen LogP contribution in [0.15, 0.2) is 48.5 Å². The van der Waals surface area contributed by atoms with Crippen molar-refractivity contribution in [3.05, 3.63) is 59.7 Å². The molecule has 0 saturated carbocycles. The van der Waals surface area contributed by atoms with Gasteiger partial charge in [-0.1, -0.05) is 24.3 Å². The van der Waals surface area contributed by atoms with E-state index in [-0.39, 0.29) is 5.91 Å². The lowest BCUT2D eigenvalue weighted by molar-refractivity contribution is 0.102. The SMILES string of the molecule is COc1ccccc1NC(=O)c1ccc(CCl)cc1. The molecule has 2 aromatic rings. The standard InChI is InChI=1S/C15H14ClNO2/c1-19-14-5-3-2-4-13(14)17-15(18)12-8-6-11(10-16)7-9-12/h2-9H,10H2,1H3,(H,17,18). The molecular weight excluding hydrogens is 262 g/mol. The number of halogens is 1. The lowest BCUT2D eigenvalue weighted by atomic mass is 10.1. The van der Waals surface area contributed by atoms with Gasteiger partial charge in [-0.2, -0.15) is 0 Å². The highest BCUT2D eigenvalue weighted by Gasteiger charge is 2.08. The number of ether oxygens (including phenoxy) is 1. The zero-order valence-corrected chi connectivity index (χ0v) is 11.3. The van der Waals surface area contributed by atoms with E-state index in [4.69, 9.17) is 16.3 Å². The summed E-state index contributed by atoms with van der Waals surface area (Å²) in [5.74, 6) is 0.896. The van der Waals surface area contributed by atoms with Crippen LogP contribution in [0.2, 0.25) is 0 Å². The summed E-state index contributed by atoms with van der Waals surface area (Å²) in [6.45, 7) is 0. The first kappa shape index (κ1) is 13.4. The second-order valence-corrected chi connectivity index (χ2v) is 4.25. The smallest absolute Gasteiger partial charge is 0.255 e. The van der Waals surface area contributed by atoms with Gasteiger partial charge in [0.15, 0.2) is 0 Å². The largest absolute Gasteiger partial charge is 0.495 e. The molecule has 3 nitrogen and oxygen atoms in total. The second-order valence-electron chi connectivity index (χ2n) is 3.98. The molecule has 1 N–H and O–H groups in total. The number of carbonyl (C=O) groups excluding carboxylic acids is 1. The minimum absolute atomic E-state index is 0.175. The third-order valence-electron chi connectivity index (χ3n) is 2.73. The first-order valence-corrected chi connectivity index (χ1v) is 6.37. The molecule has 2 aromatic carbocycles. The van der Waals surface area contributed by atoms with Crippen molar-refractivity contribution in [2.24, 2.45) is 0 Å². The average Bonchev–Trinajstić information content (AvgIpc) is 2.48. The predicted octanol–water partition coefficient (Wildman–Crippen LogP) is 3.69. The van der Waals surface area contributed by atoms with Crippen LogP contribution < -0.4 is 10.1 Å². The number of amides is 1. The van der Waals surface area contributed by atoms with Crippen LogP contribution >= 0.6 is 11.6 Å². The van der Waals surface area contributed by atoms with Crippen molar-refractivity contribution in [1.29, 1.82) is 0 Å². The molecule has 0 aromatic heterocycles. The van der Waals surface area contributed by atoms with Gasteiger partial charge in [-0.25, -0.2) is 0 Å². The first-order valence-electron chi connectivity index (χ1n) is 5.84. The van der Waals surface area contributed by atoms with E-state index in [0.717, 1.165) is 5.56 Å². The average molecular weight is 276 g/mol. The third-order valence-corrected chi connectivity index (χ3v) is 3.03. The molecule has 4 heteroatoms. The van der Waals surface area contributed by atoms with E-state index in [1.807, 2.05) is 24.3 Å². The molecule has 0 bridgehead atoms. The Kier molecular flexibility index (Phi) is 4.42. The predicted molar refractivity (Wildman–Crippen MR) is 76.9 cm³/mol. The maximum Gasteiger partial charge on any atom is 0.255 e. The van der Waals surface area contributed by atoms with Gasteiger partial charge in [0.25, 0.3) is 5.91 Å². The quantitative estimate of drug-likeness (QED) is 0.865. The van der Waals surface area contributed by atoms with Crippen LogP contribution in [0.3, 0.4) is 0 Å². The Bertz CT molecular complexity index is 567. The minimum Gasteiger partial charge on any atom is -0.495 e. The molecule has 19 heavy (non-hydrogen) atoms. The number of rotatable bonds is 4. The summed E-state index contributed by atoms with van der Waals surface area (Å²) in [4.78, 5) is 12.1. The summed E-state index contributed by atoms with van der Waals surface area (Å²) >= 11 is 5.71. The van der Waals surface area contributed by atoms with Crippen molar-refractivity contribution in [3.63, 3.8) is 0 Å². The Balaban J connectivity index is 2.16. The summed E-state index contributed by atoms with van der Waals surface area (Å²) in [6, 6.07) is 14.5. The normalized spacial score (nSPS) is 10.0. The van der Waals surface area contributed by atoms with Crippen LogP contribution in [-0.4, -0.2) is 13.0 Å². The molecule has 0 aliphatic heterocycles. The van der Waals surface area contributed by atoms with E-state index in [0.29, 0.717) is 22.9 Å². The summed E-state index contributed by atoms with van der Waals surface area (Å²) in [7, 11) is 1.57. The zero-order valence-electron chi connectivity index (χ0n) is 10.5. The topological polar surface area (TPSA) is 38.3 Å². The van der Waals surface area contributed by atoms with Crippen LogP contribution in [0.25, 0.3) is 0 Å². The van der Waals surface area contributed by atoms with Gasteiger partial charge in [0.05, 0.1) is 12.8 Å². The van der Waals surface area contributed by atoms with E-state index in [1.54, 1.807) is 31.4 Å². The number of alkyl halides is 1. The van der Waals surface area contributed by atoms with Crippen LogP contribution in [0.4, 0.5) is 5.69 Å². The van der Waals surface area contributed by atoms with Crippen LogP contribution in [0.1, 0.15) is 15.9 Å². The highest BCUT2D eigenvalue weighted by molar-refractivity contribution is 6.17. The lowest BCUT2D eigenvalue weighted by Crippen LogP contribution is -2.12. The molecule has 0 aliphatic rings. The first-order chi connectivity index (χ1) is 9.24. The summed E-state index contributed by atoms with van der Waals surface area (Å²) < 4.78 is 5.19. The highest BCUT2D eigenvalue weighted by atomic mass is 35.5. The lowest BCUT2D eigenvalue weighted by Gasteiger charge is -2.09. The molecule has 0 atom stereocenters. The number of anilines is 1. The number of benzene rings is 2. The number of para-hydroxylation sites is 2. The van der Waals surface area contributed by atoms with Crippen molar-refractivity contribution in [1.82, 2.24) is 0 Å². The van der Waals surface area contributed by atoms with E-state index in [2.05, 4.69) is 5.32 Å². The number of nitrogens with one attached hydrogen (secondary N) is 1. The molecule has 0 aliphatic carbocycles. The van der Waals surface area contributed by atoms with Gasteiger partial charge in [0, 0.05) is 11.4 Å². The van der Waals surface area contributed by atoms with E-state index < -0.39 is 0 Å². The molecule has 2 rings (SSSR count). The molecular formula is C15H14ClNO2. The summed E-state index contributed by atoms with van der Waals surface area (Å²) in [5.41, 5.74) is 2.21. The Labute approximate surface area is 117 Å². The van der Waals surface area contributed by atoms with Gasteiger partial charge in [-0.05, 0) is 29.8 Å². The van der Waals surface area contributed by atoms with Gasteiger partial charge in [0.2, 0.25) is 0 Å². The molecule has 0 fully saturated rings. The van der Waals surface area contributed by atoms with E-state index >= 15 is 0 Å². The van der Waals surface area contributed by atoms with Crippen LogP contribution in [-0.2, 0) is 5.88 Å². The third kappa shape index (κ3) is 3.26. The van der Waals surface area contributed by atoms with Crippen LogP contribution in [0, 0.1) is 0 Å². The van der Waals surface area contributed by atoms with Gasteiger partial charge in [0.1, 0.15) is 5.75 Å². The maximum atomic E-state index is 12.1. The Morgan fingerprint density at radius 2 is 1.84 bits per heavy atom. The van der Waals surface area contributed by atoms with Gasteiger partial charge in [-0.3, -0.25) is 4.79 Å². The molecule has 0 saturated heterocycles. The summed E-state index contributed by atoms with van der Waals surface area (Å²) in [5, 5.41) is 2.82. The van der Waals surface area contributed by atoms with Crippen molar-refractivity contribution in [2.75, 3.05) is 12.4 Å². The fraction of sp³-hybridized carbons (Fsp3) is 0.133. The van der Waals surface area contributed by atoms with Gasteiger partial charge >= 0.3 is 0 Å². The monoisotopic (exact) mass is 275 g/mol. The fourth-order valence-corrected chi connectivity index (χ4v) is 1.87. The zero-order chi connectivity index (χ0) is 13.7. The molecule has 1 amide bonds. The molecule has 98 valence electrons. The van der Waals surface area contributed by atoms with Gasteiger partial charge < -0.3 is 10.1 Å². The number of hydrogen-bond acceptors (Lipinski definition) is 2. The van der Waals surface area contributed by atoms with Crippen molar-refractivity contribution < 1.29 is 9.53 Å². The second kappa shape index (κ2) is 6.25. The van der Waals surface area contributed by atoms with Crippen LogP contribution in [0.5, 0.6) is 5.75 Å². The molecule has 0 spiro atoms. The molecule has 0 heterocycles. The van der Waals surface area contributed by atoms with Gasteiger partial charge in [-0.15, -0.1) is 11.6 Å². The minimum atomic E-state index is -0.175. The Hall–Kier alpha value is -2.00.